The molecule has 3 atom stereocenters. The third-order valence-corrected chi connectivity index (χ3v) is 11.5. The standard InChI is InChI=1S/C56H94NO9P/c1-3-5-7-9-11-13-15-17-19-21-23-25-26-27-29-31-33-35-37-39-41-43-45-47-49-63-50-53(51-64-67(61,62)65-52-54(57)56(59)60)66-55(58)48-46-44-42-40-38-36-34-32-30-28-24-22-20-18-16-14-12-10-8-6-4-2/h5-8,11-14,17-20,23-25,28,32,34,53-54H,3-4,9-10,15-16,21-22,26-27,29-31,33,35-52,57H2,1-2H3,(H,59,60)(H,61,62)/b7-5-,8-6-,13-11-,14-12-,19-17-,20-18-,25-23-,28-24-,34-32-. The second-order valence-corrected chi connectivity index (χ2v) is 18.3. The first kappa shape index (κ1) is 63.6. The Bertz CT molecular complexity index is 1480. The number of esters is 1. The Morgan fingerprint density at radius 1 is 0.478 bits per heavy atom. The predicted octanol–water partition coefficient (Wildman–Crippen LogP) is 15.4. The Hall–Kier alpha value is -3.37. The maximum atomic E-state index is 12.7. The van der Waals surface area contributed by atoms with Crippen molar-refractivity contribution in [2.24, 2.45) is 5.73 Å². The van der Waals surface area contributed by atoms with Crippen molar-refractivity contribution in [3.05, 3.63) is 109 Å². The van der Waals surface area contributed by atoms with E-state index in [1.807, 2.05) is 0 Å². The summed E-state index contributed by atoms with van der Waals surface area (Å²) in [6.45, 7) is 3.62. The first-order valence-electron chi connectivity index (χ1n) is 25.9. The molecule has 0 aromatic rings. The van der Waals surface area contributed by atoms with Gasteiger partial charge in [0.25, 0.3) is 0 Å². The van der Waals surface area contributed by atoms with E-state index in [1.54, 1.807) is 0 Å². The number of ether oxygens (including phenoxy) is 2. The average molecular weight is 956 g/mol. The second-order valence-electron chi connectivity index (χ2n) is 16.9. The highest BCUT2D eigenvalue weighted by Gasteiger charge is 2.27. The van der Waals surface area contributed by atoms with Gasteiger partial charge in [-0.2, -0.15) is 0 Å². The molecule has 0 amide bonds. The van der Waals surface area contributed by atoms with Gasteiger partial charge in [0.2, 0.25) is 0 Å². The molecule has 0 saturated carbocycles. The van der Waals surface area contributed by atoms with Crippen molar-refractivity contribution in [2.75, 3.05) is 26.4 Å². The molecule has 11 heteroatoms. The lowest BCUT2D eigenvalue weighted by Gasteiger charge is -2.20. The molecule has 3 unspecified atom stereocenters. The molecular weight excluding hydrogens is 862 g/mol. The number of unbranched alkanes of at least 4 members (excludes halogenated alkanes) is 16. The van der Waals surface area contributed by atoms with Crippen LogP contribution in [-0.2, 0) is 32.7 Å². The van der Waals surface area contributed by atoms with Crippen molar-refractivity contribution in [3.63, 3.8) is 0 Å². The average Bonchev–Trinajstić information content (AvgIpc) is 3.31. The smallest absolute Gasteiger partial charge is 0.472 e. The van der Waals surface area contributed by atoms with Crippen molar-refractivity contribution in [1.82, 2.24) is 0 Å². The normalized spacial score (nSPS) is 14.6. The summed E-state index contributed by atoms with van der Waals surface area (Å²) in [5.74, 6) is -1.81. The van der Waals surface area contributed by atoms with Gasteiger partial charge in [-0.05, 0) is 96.3 Å². The molecule has 0 rings (SSSR count). The minimum Gasteiger partial charge on any atom is -0.480 e. The zero-order chi connectivity index (χ0) is 49.0. The Kier molecular flexibility index (Phi) is 48.0. The van der Waals surface area contributed by atoms with Crippen LogP contribution in [0.5, 0.6) is 0 Å². The number of carboxylic acids is 1. The fourth-order valence-corrected chi connectivity index (χ4v) is 7.40. The van der Waals surface area contributed by atoms with Gasteiger partial charge in [0, 0.05) is 13.0 Å². The van der Waals surface area contributed by atoms with Crippen molar-refractivity contribution in [1.29, 1.82) is 0 Å². The minimum absolute atomic E-state index is 0.000375. The molecule has 0 aliphatic heterocycles. The van der Waals surface area contributed by atoms with Gasteiger partial charge < -0.3 is 25.2 Å². The van der Waals surface area contributed by atoms with E-state index < -0.39 is 45.1 Å². The minimum atomic E-state index is -4.64. The molecule has 382 valence electrons. The number of carboxylic acid groups (broad SMARTS) is 1. The molecule has 10 nitrogen and oxygen atoms in total. The maximum Gasteiger partial charge on any atom is 0.472 e. The number of aliphatic carboxylic acids is 1. The van der Waals surface area contributed by atoms with Gasteiger partial charge >= 0.3 is 19.8 Å². The SMILES string of the molecule is CC/C=C\C/C=C\C/C=C\C/C=C\C/C=C\CCCCCCCC(=O)OC(COCCCCCCCCCCCCC/C=C\C/C=C\C/C=C\C/C=C\CC)COP(=O)(O)OCC(N)C(=O)O. The highest BCUT2D eigenvalue weighted by Crippen LogP contribution is 2.43. The second kappa shape index (κ2) is 50.5. The lowest BCUT2D eigenvalue weighted by molar-refractivity contribution is -0.154. The van der Waals surface area contributed by atoms with Crippen molar-refractivity contribution < 1.29 is 42.7 Å². The Labute approximate surface area is 408 Å². The number of nitrogens with two attached hydrogens (primary N) is 1. The van der Waals surface area contributed by atoms with Crippen LogP contribution < -0.4 is 5.73 Å². The zero-order valence-electron chi connectivity index (χ0n) is 42.0. The van der Waals surface area contributed by atoms with Crippen molar-refractivity contribution in [3.8, 4) is 0 Å². The quantitative estimate of drug-likeness (QED) is 0.0232. The molecule has 0 spiro atoms. The van der Waals surface area contributed by atoms with E-state index in [0.29, 0.717) is 13.0 Å². The molecule has 0 radical (unpaired) electrons. The molecule has 4 N–H and O–H groups in total. The van der Waals surface area contributed by atoms with Crippen LogP contribution in [0.2, 0.25) is 0 Å². The number of hydrogen-bond acceptors (Lipinski definition) is 8. The van der Waals surface area contributed by atoms with Crippen LogP contribution in [0.4, 0.5) is 0 Å². The lowest BCUT2D eigenvalue weighted by atomic mass is 10.1. The number of carbonyl (C=O) groups excluding carboxylic acids is 1. The van der Waals surface area contributed by atoms with E-state index in [9.17, 15) is 19.0 Å². The van der Waals surface area contributed by atoms with E-state index in [-0.39, 0.29) is 13.0 Å². The summed E-state index contributed by atoms with van der Waals surface area (Å²) in [6.07, 6.45) is 68.6. The summed E-state index contributed by atoms with van der Waals surface area (Å²) in [6, 6.07) is -1.48. The molecule has 0 aromatic heterocycles. The number of phosphoric ester groups is 1. The van der Waals surface area contributed by atoms with Crippen molar-refractivity contribution >= 4 is 19.8 Å². The molecule has 0 aliphatic rings. The van der Waals surface area contributed by atoms with Gasteiger partial charge in [-0.1, -0.05) is 200 Å². The van der Waals surface area contributed by atoms with Gasteiger partial charge in [-0.3, -0.25) is 18.6 Å². The molecule has 0 aromatic carbocycles. The van der Waals surface area contributed by atoms with Crippen LogP contribution in [0, 0.1) is 0 Å². The number of allylic oxidation sites excluding steroid dienone is 18. The third-order valence-electron chi connectivity index (χ3n) is 10.5. The van der Waals surface area contributed by atoms with Crippen LogP contribution in [0.1, 0.15) is 194 Å². The largest absolute Gasteiger partial charge is 0.480 e. The van der Waals surface area contributed by atoms with E-state index in [1.165, 1.54) is 57.8 Å². The third kappa shape index (κ3) is 50.3. The van der Waals surface area contributed by atoms with E-state index in [2.05, 4.69) is 123 Å². The highest BCUT2D eigenvalue weighted by atomic mass is 31.2. The highest BCUT2D eigenvalue weighted by molar-refractivity contribution is 7.47. The fourth-order valence-electron chi connectivity index (χ4n) is 6.62. The number of phosphoric acid groups is 1. The Balaban J connectivity index is 4.20. The zero-order valence-corrected chi connectivity index (χ0v) is 42.8. The van der Waals surface area contributed by atoms with E-state index >= 15 is 0 Å². The summed E-state index contributed by atoms with van der Waals surface area (Å²) in [5.41, 5.74) is 5.38. The van der Waals surface area contributed by atoms with Gasteiger partial charge in [0.15, 0.2) is 0 Å². The van der Waals surface area contributed by atoms with Gasteiger partial charge in [-0.25, -0.2) is 4.57 Å². The summed E-state index contributed by atoms with van der Waals surface area (Å²) >= 11 is 0. The number of carbonyl (C=O) groups is 2. The fraction of sp³-hybridized carbons (Fsp3) is 0.643. The molecule has 0 aliphatic carbocycles. The molecule has 0 heterocycles. The Morgan fingerprint density at radius 3 is 1.22 bits per heavy atom. The van der Waals surface area contributed by atoms with Crippen molar-refractivity contribution in [2.45, 2.75) is 206 Å². The molecule has 0 bridgehead atoms. The molecule has 67 heavy (non-hydrogen) atoms. The van der Waals surface area contributed by atoms with Gasteiger partial charge in [0.1, 0.15) is 12.1 Å². The maximum absolute atomic E-state index is 12.7. The van der Waals surface area contributed by atoms with Gasteiger partial charge in [-0.15, -0.1) is 0 Å². The van der Waals surface area contributed by atoms with Crippen LogP contribution >= 0.6 is 7.82 Å². The van der Waals surface area contributed by atoms with Gasteiger partial charge in [0.05, 0.1) is 19.8 Å². The monoisotopic (exact) mass is 956 g/mol. The van der Waals surface area contributed by atoms with Crippen LogP contribution in [0.15, 0.2) is 109 Å². The summed E-state index contributed by atoms with van der Waals surface area (Å²) in [4.78, 5) is 33.7. The number of hydrogen-bond donors (Lipinski definition) is 3. The van der Waals surface area contributed by atoms with E-state index in [0.717, 1.165) is 109 Å². The summed E-state index contributed by atoms with van der Waals surface area (Å²) in [7, 11) is -4.64. The van der Waals surface area contributed by atoms with Crippen LogP contribution in [-0.4, -0.2) is 60.5 Å². The predicted molar refractivity (Wildman–Crippen MR) is 281 cm³/mol. The Morgan fingerprint density at radius 2 is 0.821 bits per heavy atom. The summed E-state index contributed by atoms with van der Waals surface area (Å²) < 4.78 is 33.5. The number of rotatable bonds is 48. The topological polar surface area (TPSA) is 155 Å². The lowest BCUT2D eigenvalue weighted by Crippen LogP contribution is -2.34. The molecule has 0 saturated heterocycles. The summed E-state index contributed by atoms with van der Waals surface area (Å²) in [5, 5.41) is 8.94. The van der Waals surface area contributed by atoms with Crippen LogP contribution in [0.3, 0.4) is 0 Å². The molecular formula is C56H94NO9P. The van der Waals surface area contributed by atoms with E-state index in [4.69, 9.17) is 29.4 Å². The molecule has 0 fully saturated rings. The van der Waals surface area contributed by atoms with Crippen LogP contribution in [0.25, 0.3) is 0 Å². The first-order valence-corrected chi connectivity index (χ1v) is 27.4. The first-order chi connectivity index (χ1) is 32.7.